The van der Waals surface area contributed by atoms with Crippen molar-refractivity contribution in [1.29, 1.82) is 0 Å². The molecule has 1 rings (SSSR count). The molecule has 0 aliphatic carbocycles. The fourth-order valence-electron chi connectivity index (χ4n) is 1.22. The van der Waals surface area contributed by atoms with E-state index in [1.807, 2.05) is 0 Å². The van der Waals surface area contributed by atoms with Crippen LogP contribution in [0.3, 0.4) is 0 Å². The van der Waals surface area contributed by atoms with Gasteiger partial charge in [0, 0.05) is 25.1 Å². The molecule has 0 aromatic heterocycles. The van der Waals surface area contributed by atoms with Crippen LogP contribution in [0.4, 0.5) is 13.2 Å². The van der Waals surface area contributed by atoms with E-state index in [0.29, 0.717) is 0 Å². The lowest BCUT2D eigenvalue weighted by Crippen LogP contribution is -2.43. The smallest absolute Gasteiger partial charge is 0.415 e. The lowest BCUT2D eigenvalue weighted by atomic mass is 10.5. The molecule has 0 saturated heterocycles. The van der Waals surface area contributed by atoms with E-state index < -0.39 is 18.5 Å². The van der Waals surface area contributed by atoms with Crippen LogP contribution >= 0.6 is 0 Å². The Morgan fingerprint density at radius 2 is 2.06 bits per heavy atom. The molecular weight excluding hydrogens is 237 g/mol. The minimum absolute atomic E-state index is 0.247. The maximum absolute atomic E-state index is 12.1. The van der Waals surface area contributed by atoms with Crippen LogP contribution < -0.4 is 0 Å². The van der Waals surface area contributed by atoms with E-state index in [1.165, 1.54) is 34.5 Å². The first-order chi connectivity index (χ1) is 7.90. The molecule has 0 N–H and O–H groups in total. The van der Waals surface area contributed by atoms with Gasteiger partial charge in [-0.05, 0) is 0 Å². The molecule has 0 fully saturated rings. The molecular formula is C10H11F3N2O2. The normalized spacial score (nSPS) is 19.4. The molecule has 1 atom stereocenters. The highest BCUT2D eigenvalue weighted by atomic mass is 19.4. The first-order valence-corrected chi connectivity index (χ1v) is 4.63. The van der Waals surface area contributed by atoms with Crippen molar-refractivity contribution in [3.63, 3.8) is 0 Å². The van der Waals surface area contributed by atoms with Crippen molar-refractivity contribution < 1.29 is 22.7 Å². The molecule has 0 spiro atoms. The standard InChI is InChI=1S/C10H11F3N2O2/c1-3-5-15-7-6-14(4-2)9(15)17-8(16)10(11,12)13/h3-4,6-7,9H,1-2,5H2. The second kappa shape index (κ2) is 4.94. The van der Waals surface area contributed by atoms with Crippen LogP contribution in [0.2, 0.25) is 0 Å². The number of ether oxygens (including phenoxy) is 1. The van der Waals surface area contributed by atoms with E-state index in [9.17, 15) is 18.0 Å². The van der Waals surface area contributed by atoms with Gasteiger partial charge in [0.1, 0.15) is 0 Å². The first-order valence-electron chi connectivity index (χ1n) is 4.63. The monoisotopic (exact) mass is 248 g/mol. The van der Waals surface area contributed by atoms with Gasteiger partial charge in [0.2, 0.25) is 0 Å². The van der Waals surface area contributed by atoms with Gasteiger partial charge in [-0.25, -0.2) is 4.79 Å². The molecule has 0 bridgehead atoms. The Bertz CT molecular complexity index is 352. The summed E-state index contributed by atoms with van der Waals surface area (Å²) in [6.07, 6.45) is -0.531. The van der Waals surface area contributed by atoms with Crippen LogP contribution in [0.5, 0.6) is 0 Å². The first kappa shape index (κ1) is 13.1. The van der Waals surface area contributed by atoms with Gasteiger partial charge >= 0.3 is 12.1 Å². The van der Waals surface area contributed by atoms with Crippen molar-refractivity contribution in [2.75, 3.05) is 6.54 Å². The van der Waals surface area contributed by atoms with E-state index in [2.05, 4.69) is 17.9 Å². The predicted molar refractivity (Wildman–Crippen MR) is 54.0 cm³/mol. The van der Waals surface area contributed by atoms with Crippen molar-refractivity contribution in [2.45, 2.75) is 12.5 Å². The van der Waals surface area contributed by atoms with Crippen LogP contribution in [-0.4, -0.2) is 34.8 Å². The summed E-state index contributed by atoms with van der Waals surface area (Å²) in [5.74, 6) is -2.24. The third-order valence-electron chi connectivity index (χ3n) is 1.96. The second-order valence-corrected chi connectivity index (χ2v) is 3.14. The van der Waals surface area contributed by atoms with E-state index in [0.717, 1.165) is 0 Å². The highest BCUT2D eigenvalue weighted by Gasteiger charge is 2.44. The van der Waals surface area contributed by atoms with Crippen LogP contribution in [0.25, 0.3) is 0 Å². The fraction of sp³-hybridized carbons (Fsp3) is 0.300. The van der Waals surface area contributed by atoms with Gasteiger partial charge in [-0.3, -0.25) is 0 Å². The quantitative estimate of drug-likeness (QED) is 0.561. The summed E-state index contributed by atoms with van der Waals surface area (Å²) in [6, 6.07) is 0. The SMILES string of the molecule is C=CCN1C=CN(C=C)C1OC(=O)C(F)(F)F. The van der Waals surface area contributed by atoms with Crippen LogP contribution in [0.15, 0.2) is 37.8 Å². The molecule has 17 heavy (non-hydrogen) atoms. The summed E-state index contributed by atoms with van der Waals surface area (Å²) >= 11 is 0. The minimum Gasteiger partial charge on any atom is -0.415 e. The molecule has 94 valence electrons. The average molecular weight is 248 g/mol. The Kier molecular flexibility index (Phi) is 3.82. The molecule has 1 aliphatic rings. The van der Waals surface area contributed by atoms with Crippen molar-refractivity contribution in [2.24, 2.45) is 0 Å². The fourth-order valence-corrected chi connectivity index (χ4v) is 1.22. The zero-order chi connectivity index (χ0) is 13.1. The lowest BCUT2D eigenvalue weighted by Gasteiger charge is -2.29. The van der Waals surface area contributed by atoms with Gasteiger partial charge in [-0.15, -0.1) is 6.58 Å². The summed E-state index contributed by atoms with van der Waals surface area (Å²) in [4.78, 5) is 13.4. The second-order valence-electron chi connectivity index (χ2n) is 3.14. The number of halogens is 3. The van der Waals surface area contributed by atoms with Crippen LogP contribution in [-0.2, 0) is 9.53 Å². The number of alkyl halides is 3. The molecule has 1 heterocycles. The molecule has 0 aromatic rings. The number of hydrogen-bond donors (Lipinski definition) is 0. The van der Waals surface area contributed by atoms with Gasteiger partial charge in [0.25, 0.3) is 6.35 Å². The van der Waals surface area contributed by atoms with E-state index in [4.69, 9.17) is 0 Å². The summed E-state index contributed by atoms with van der Waals surface area (Å²) in [7, 11) is 0. The Morgan fingerprint density at radius 3 is 2.53 bits per heavy atom. The van der Waals surface area contributed by atoms with Gasteiger partial charge in [0.05, 0.1) is 0 Å². The molecule has 7 heteroatoms. The Balaban J connectivity index is 2.74. The van der Waals surface area contributed by atoms with Crippen LogP contribution in [0, 0.1) is 0 Å². The number of carbonyl (C=O) groups is 1. The molecule has 0 amide bonds. The van der Waals surface area contributed by atoms with Gasteiger partial charge in [-0.1, -0.05) is 12.7 Å². The average Bonchev–Trinajstić information content (AvgIpc) is 2.60. The van der Waals surface area contributed by atoms with E-state index in [-0.39, 0.29) is 6.54 Å². The highest BCUT2D eigenvalue weighted by molar-refractivity contribution is 5.75. The number of hydrogen-bond acceptors (Lipinski definition) is 4. The maximum atomic E-state index is 12.1. The summed E-state index contributed by atoms with van der Waals surface area (Å²) in [6.45, 7) is 7.11. The molecule has 0 radical (unpaired) electrons. The van der Waals surface area contributed by atoms with Crippen molar-refractivity contribution in [3.8, 4) is 0 Å². The molecule has 1 unspecified atom stereocenters. The van der Waals surface area contributed by atoms with E-state index in [1.54, 1.807) is 0 Å². The number of carbonyl (C=O) groups excluding carboxylic acids is 1. The third kappa shape index (κ3) is 3.02. The summed E-state index contributed by atoms with van der Waals surface area (Å²) in [5.41, 5.74) is 0. The zero-order valence-electron chi connectivity index (χ0n) is 8.85. The summed E-state index contributed by atoms with van der Waals surface area (Å²) < 4.78 is 40.6. The summed E-state index contributed by atoms with van der Waals surface area (Å²) in [5, 5.41) is 0. The zero-order valence-corrected chi connectivity index (χ0v) is 8.85. The Hall–Kier alpha value is -1.92. The third-order valence-corrected chi connectivity index (χ3v) is 1.96. The highest BCUT2D eigenvalue weighted by Crippen LogP contribution is 2.22. The molecule has 0 aromatic carbocycles. The van der Waals surface area contributed by atoms with Gasteiger partial charge in [0.15, 0.2) is 0 Å². The Labute approximate surface area is 96.2 Å². The number of esters is 1. The molecule has 1 aliphatic heterocycles. The number of rotatable bonds is 4. The van der Waals surface area contributed by atoms with Crippen molar-refractivity contribution in [3.05, 3.63) is 37.8 Å². The van der Waals surface area contributed by atoms with Crippen LogP contribution in [0.1, 0.15) is 0 Å². The molecule has 4 nitrogen and oxygen atoms in total. The molecule has 0 saturated carbocycles. The maximum Gasteiger partial charge on any atom is 0.491 e. The topological polar surface area (TPSA) is 32.8 Å². The van der Waals surface area contributed by atoms with Gasteiger partial charge in [-0.2, -0.15) is 13.2 Å². The van der Waals surface area contributed by atoms with Crippen molar-refractivity contribution in [1.82, 2.24) is 9.80 Å². The largest absolute Gasteiger partial charge is 0.491 e. The van der Waals surface area contributed by atoms with Gasteiger partial charge < -0.3 is 14.5 Å². The van der Waals surface area contributed by atoms with Crippen molar-refractivity contribution >= 4 is 5.97 Å². The number of nitrogens with zero attached hydrogens (tertiary/aromatic N) is 2. The minimum atomic E-state index is -5.02. The Morgan fingerprint density at radius 1 is 1.41 bits per heavy atom. The van der Waals surface area contributed by atoms with E-state index >= 15 is 0 Å². The lowest BCUT2D eigenvalue weighted by molar-refractivity contribution is -0.217. The predicted octanol–water partition coefficient (Wildman–Crippen LogP) is 1.79.